The molecule has 2 rings (SSSR count). The van der Waals surface area contributed by atoms with Gasteiger partial charge in [-0.25, -0.2) is 4.79 Å². The number of phenolic OH excluding ortho intramolecular Hbond substituents is 1. The molecule has 0 atom stereocenters. The Morgan fingerprint density at radius 3 is 2.78 bits per heavy atom. The number of carbonyl (C=O) groups is 2. The van der Waals surface area contributed by atoms with Crippen molar-refractivity contribution in [3.05, 3.63) is 41.5 Å². The molecular formula is C18H20O5. The van der Waals surface area contributed by atoms with Crippen molar-refractivity contribution < 1.29 is 24.2 Å². The Kier molecular flexibility index (Phi) is 5.97. The molecule has 1 heterocycles. The van der Waals surface area contributed by atoms with E-state index in [1.807, 2.05) is 6.08 Å². The molecule has 0 amide bonds. The molecule has 5 heteroatoms. The number of ketones is 1. The minimum absolute atomic E-state index is 0.0563. The third-order valence-electron chi connectivity index (χ3n) is 3.51. The first-order chi connectivity index (χ1) is 11.1. The molecule has 0 fully saturated rings. The maximum atomic E-state index is 12.2. The van der Waals surface area contributed by atoms with Crippen LogP contribution in [0.5, 0.6) is 11.5 Å². The molecular weight excluding hydrogens is 296 g/mol. The summed E-state index contributed by atoms with van der Waals surface area (Å²) in [6, 6.07) is 3.05. The number of ether oxygens (including phenoxy) is 2. The maximum absolute atomic E-state index is 12.2. The minimum atomic E-state index is -0.613. The summed E-state index contributed by atoms with van der Waals surface area (Å²) in [5.41, 5.74) is 0.641. The Morgan fingerprint density at radius 2 is 2.00 bits per heavy atom. The molecule has 0 aromatic heterocycles. The van der Waals surface area contributed by atoms with Crippen LogP contribution in [-0.4, -0.2) is 30.6 Å². The predicted molar refractivity (Wildman–Crippen MR) is 86.6 cm³/mol. The van der Waals surface area contributed by atoms with E-state index in [1.54, 1.807) is 24.3 Å². The van der Waals surface area contributed by atoms with Gasteiger partial charge in [0, 0.05) is 18.9 Å². The average molecular weight is 316 g/mol. The van der Waals surface area contributed by atoms with Gasteiger partial charge in [0.15, 0.2) is 0 Å². The first-order valence-electron chi connectivity index (χ1n) is 7.53. The number of phenols is 1. The number of hydrogen-bond donors (Lipinski definition) is 1. The fraction of sp³-hybridized carbons (Fsp3) is 0.333. The van der Waals surface area contributed by atoms with E-state index in [9.17, 15) is 14.7 Å². The second kappa shape index (κ2) is 8.17. The van der Waals surface area contributed by atoms with Crippen LogP contribution >= 0.6 is 0 Å². The third-order valence-corrected chi connectivity index (χ3v) is 3.51. The molecule has 0 saturated heterocycles. The standard InChI is InChI=1S/C18H20O5/c1-22-15-11-13-7-3-2-4-8-14(19)9-5-6-10-23-18(21)17(13)16(20)12-15/h3,5-7,11-12,20H,2,4,8-10H2,1H3. The van der Waals surface area contributed by atoms with Gasteiger partial charge in [0.2, 0.25) is 0 Å². The normalized spacial score (nSPS) is 16.4. The van der Waals surface area contributed by atoms with Gasteiger partial charge in [0.1, 0.15) is 29.5 Å². The molecule has 1 N–H and O–H groups in total. The van der Waals surface area contributed by atoms with Crippen molar-refractivity contribution in [1.82, 2.24) is 0 Å². The topological polar surface area (TPSA) is 72.8 Å². The zero-order valence-electron chi connectivity index (χ0n) is 13.1. The number of esters is 1. The van der Waals surface area contributed by atoms with Crippen LogP contribution in [-0.2, 0) is 9.53 Å². The summed E-state index contributed by atoms with van der Waals surface area (Å²) in [4.78, 5) is 23.8. The van der Waals surface area contributed by atoms with Gasteiger partial charge in [-0.15, -0.1) is 0 Å². The summed E-state index contributed by atoms with van der Waals surface area (Å²) in [5.74, 6) is -0.175. The number of benzene rings is 1. The van der Waals surface area contributed by atoms with Crippen LogP contribution in [0.1, 0.15) is 41.6 Å². The van der Waals surface area contributed by atoms with Crippen molar-refractivity contribution in [3.63, 3.8) is 0 Å². The molecule has 1 aromatic carbocycles. The molecule has 1 aliphatic rings. The number of fused-ring (bicyclic) bond motifs is 1. The zero-order valence-corrected chi connectivity index (χ0v) is 13.1. The van der Waals surface area contributed by atoms with Crippen molar-refractivity contribution >= 4 is 17.8 Å². The first-order valence-corrected chi connectivity index (χ1v) is 7.53. The molecule has 1 aromatic rings. The Bertz CT molecular complexity index is 643. The number of allylic oxidation sites excluding steroid dienone is 2. The largest absolute Gasteiger partial charge is 0.507 e. The average Bonchev–Trinajstić information content (AvgIpc) is 2.52. The van der Waals surface area contributed by atoms with Gasteiger partial charge in [-0.05, 0) is 24.5 Å². The maximum Gasteiger partial charge on any atom is 0.342 e. The molecule has 0 spiro atoms. The van der Waals surface area contributed by atoms with Crippen LogP contribution in [0.15, 0.2) is 30.4 Å². The van der Waals surface area contributed by atoms with Gasteiger partial charge >= 0.3 is 5.97 Å². The van der Waals surface area contributed by atoms with Crippen LogP contribution < -0.4 is 4.74 Å². The van der Waals surface area contributed by atoms with Crippen molar-refractivity contribution in [1.29, 1.82) is 0 Å². The lowest BCUT2D eigenvalue weighted by molar-refractivity contribution is -0.118. The van der Waals surface area contributed by atoms with Crippen LogP contribution in [0.25, 0.3) is 6.08 Å². The Labute approximate surface area is 135 Å². The van der Waals surface area contributed by atoms with Crippen LogP contribution in [0, 0.1) is 0 Å². The Morgan fingerprint density at radius 1 is 1.17 bits per heavy atom. The summed E-state index contributed by atoms with van der Waals surface area (Å²) in [6.07, 6.45) is 9.28. The van der Waals surface area contributed by atoms with Gasteiger partial charge < -0.3 is 14.6 Å². The second-order valence-corrected chi connectivity index (χ2v) is 5.22. The second-order valence-electron chi connectivity index (χ2n) is 5.22. The molecule has 0 bridgehead atoms. The number of aromatic hydroxyl groups is 1. The highest BCUT2D eigenvalue weighted by atomic mass is 16.5. The summed E-state index contributed by atoms with van der Waals surface area (Å²) in [6.45, 7) is 0.0563. The van der Waals surface area contributed by atoms with Gasteiger partial charge in [-0.3, -0.25) is 4.79 Å². The molecule has 23 heavy (non-hydrogen) atoms. The number of Topliss-reactive ketones (excluding diaryl/α,β-unsaturated/α-hetero) is 1. The Hall–Kier alpha value is -2.56. The Balaban J connectivity index is 2.34. The number of methoxy groups -OCH3 is 1. The highest BCUT2D eigenvalue weighted by Crippen LogP contribution is 2.29. The number of hydrogen-bond acceptors (Lipinski definition) is 5. The summed E-state index contributed by atoms with van der Waals surface area (Å²) >= 11 is 0. The third kappa shape index (κ3) is 4.71. The van der Waals surface area contributed by atoms with Crippen molar-refractivity contribution in [2.45, 2.75) is 25.7 Å². The van der Waals surface area contributed by atoms with Gasteiger partial charge in [-0.2, -0.15) is 0 Å². The van der Waals surface area contributed by atoms with E-state index in [1.165, 1.54) is 13.2 Å². The van der Waals surface area contributed by atoms with E-state index in [0.717, 1.165) is 6.42 Å². The lowest BCUT2D eigenvalue weighted by atomic mass is 10.0. The van der Waals surface area contributed by atoms with E-state index in [-0.39, 0.29) is 23.7 Å². The van der Waals surface area contributed by atoms with E-state index in [4.69, 9.17) is 9.47 Å². The van der Waals surface area contributed by atoms with Crippen LogP contribution in [0.4, 0.5) is 0 Å². The lowest BCUT2D eigenvalue weighted by Gasteiger charge is -2.11. The lowest BCUT2D eigenvalue weighted by Crippen LogP contribution is -2.08. The molecule has 0 aliphatic carbocycles. The van der Waals surface area contributed by atoms with Crippen LogP contribution in [0.2, 0.25) is 0 Å². The zero-order chi connectivity index (χ0) is 16.7. The van der Waals surface area contributed by atoms with E-state index < -0.39 is 5.97 Å². The summed E-state index contributed by atoms with van der Waals surface area (Å²) < 4.78 is 10.2. The summed E-state index contributed by atoms with van der Waals surface area (Å²) in [5, 5.41) is 10.1. The highest BCUT2D eigenvalue weighted by molar-refractivity contribution is 5.97. The molecule has 0 saturated carbocycles. The molecule has 122 valence electrons. The first kappa shape index (κ1) is 16.8. The monoisotopic (exact) mass is 316 g/mol. The minimum Gasteiger partial charge on any atom is -0.507 e. The van der Waals surface area contributed by atoms with E-state index in [2.05, 4.69) is 0 Å². The predicted octanol–water partition coefficient (Wildman–Crippen LogP) is 3.27. The molecule has 0 radical (unpaired) electrons. The number of carbonyl (C=O) groups excluding carboxylic acids is 2. The fourth-order valence-corrected chi connectivity index (χ4v) is 2.30. The van der Waals surface area contributed by atoms with E-state index in [0.29, 0.717) is 30.6 Å². The number of cyclic esters (lactones) is 1. The summed E-state index contributed by atoms with van der Waals surface area (Å²) in [7, 11) is 1.49. The fourth-order valence-electron chi connectivity index (χ4n) is 2.30. The molecule has 0 unspecified atom stereocenters. The molecule has 5 nitrogen and oxygen atoms in total. The quantitative estimate of drug-likeness (QED) is 0.636. The van der Waals surface area contributed by atoms with Crippen molar-refractivity contribution in [2.24, 2.45) is 0 Å². The molecule has 1 aliphatic heterocycles. The van der Waals surface area contributed by atoms with Gasteiger partial charge in [0.05, 0.1) is 7.11 Å². The highest BCUT2D eigenvalue weighted by Gasteiger charge is 2.18. The SMILES string of the molecule is COc1cc(O)c2c(c1)C=CCCCC(=O)CC=CCOC2=O. The number of rotatable bonds is 1. The van der Waals surface area contributed by atoms with Crippen molar-refractivity contribution in [3.8, 4) is 11.5 Å². The van der Waals surface area contributed by atoms with Gasteiger partial charge in [-0.1, -0.05) is 24.3 Å². The van der Waals surface area contributed by atoms with Crippen LogP contribution in [0.3, 0.4) is 0 Å². The van der Waals surface area contributed by atoms with E-state index >= 15 is 0 Å². The van der Waals surface area contributed by atoms with Gasteiger partial charge in [0.25, 0.3) is 0 Å². The van der Waals surface area contributed by atoms with Crippen molar-refractivity contribution in [2.75, 3.05) is 13.7 Å². The smallest absolute Gasteiger partial charge is 0.342 e.